The summed E-state index contributed by atoms with van der Waals surface area (Å²) in [6.45, 7) is 3.71. The minimum Gasteiger partial charge on any atom is -0.457 e. The molecule has 5 heteroatoms. The molecule has 5 aromatic rings. The molecule has 0 saturated carbocycles. The number of hydrogen-bond donors (Lipinski definition) is 0. The first-order chi connectivity index (χ1) is 18.8. The first-order valence-corrected chi connectivity index (χ1v) is 12.4. The average molecular weight is 519 g/mol. The van der Waals surface area contributed by atoms with E-state index < -0.39 is 0 Å². The van der Waals surface area contributed by atoms with Gasteiger partial charge in [-0.15, -0.1) is 0 Å². The van der Waals surface area contributed by atoms with Crippen LogP contribution in [0.4, 0.5) is 8.78 Å². The largest absolute Gasteiger partial charge is 0.457 e. The summed E-state index contributed by atoms with van der Waals surface area (Å²) in [7, 11) is 0. The van der Waals surface area contributed by atoms with Crippen LogP contribution in [-0.4, -0.2) is 11.6 Å². The topological polar surface area (TPSA) is 43.4 Å². The van der Waals surface area contributed by atoms with E-state index in [0.717, 1.165) is 22.3 Å². The van der Waals surface area contributed by atoms with Gasteiger partial charge in [0.05, 0.1) is 0 Å². The minimum absolute atomic E-state index is 0.150. The molecule has 0 aliphatic heterocycles. The van der Waals surface area contributed by atoms with Gasteiger partial charge in [0.25, 0.3) is 0 Å². The second-order valence-electron chi connectivity index (χ2n) is 9.30. The molecule has 0 fully saturated rings. The molecule has 0 heterocycles. The third kappa shape index (κ3) is 5.68. The number of ether oxygens (including phenoxy) is 1. The zero-order chi connectivity index (χ0) is 27.5. The maximum atomic E-state index is 13.2. The van der Waals surface area contributed by atoms with E-state index in [1.807, 2.05) is 50.2 Å². The van der Waals surface area contributed by atoms with Gasteiger partial charge in [-0.2, -0.15) is 0 Å². The van der Waals surface area contributed by atoms with E-state index in [2.05, 4.69) is 0 Å². The monoisotopic (exact) mass is 518 g/mol. The van der Waals surface area contributed by atoms with Crippen LogP contribution in [0.2, 0.25) is 0 Å². The Hall–Kier alpha value is -4.90. The Morgan fingerprint density at radius 1 is 0.513 bits per heavy atom. The fourth-order valence-corrected chi connectivity index (χ4v) is 4.42. The van der Waals surface area contributed by atoms with Gasteiger partial charge in [0.1, 0.15) is 23.1 Å². The van der Waals surface area contributed by atoms with Gasteiger partial charge in [0.15, 0.2) is 11.6 Å². The van der Waals surface area contributed by atoms with Crippen molar-refractivity contribution < 1.29 is 23.1 Å². The maximum Gasteiger partial charge on any atom is 0.193 e. The number of benzene rings is 5. The van der Waals surface area contributed by atoms with E-state index in [4.69, 9.17) is 4.74 Å². The van der Waals surface area contributed by atoms with Crippen LogP contribution in [0.25, 0.3) is 11.1 Å². The van der Waals surface area contributed by atoms with Gasteiger partial charge >= 0.3 is 0 Å². The van der Waals surface area contributed by atoms with Gasteiger partial charge in [-0.05, 0) is 115 Å². The van der Waals surface area contributed by atoms with Gasteiger partial charge in [0.2, 0.25) is 0 Å². The predicted octanol–water partition coefficient (Wildman–Crippen LogP) is 8.50. The summed E-state index contributed by atoms with van der Waals surface area (Å²) in [6.07, 6.45) is 0. The fraction of sp³-hybridized carbons (Fsp3) is 0.0588. The molecule has 3 nitrogen and oxygen atoms in total. The van der Waals surface area contributed by atoms with Crippen LogP contribution in [0.5, 0.6) is 11.5 Å². The van der Waals surface area contributed by atoms with E-state index in [1.165, 1.54) is 48.5 Å². The highest BCUT2D eigenvalue weighted by Crippen LogP contribution is 2.29. The van der Waals surface area contributed by atoms with Gasteiger partial charge in [-0.25, -0.2) is 8.78 Å². The maximum absolute atomic E-state index is 13.2. The number of carbonyl (C=O) groups is 2. The van der Waals surface area contributed by atoms with E-state index in [9.17, 15) is 18.4 Å². The number of carbonyl (C=O) groups excluding carboxylic acids is 2. The molecule has 0 aliphatic carbocycles. The van der Waals surface area contributed by atoms with Crippen molar-refractivity contribution >= 4 is 11.6 Å². The van der Waals surface area contributed by atoms with E-state index >= 15 is 0 Å². The molecule has 0 saturated heterocycles. The summed E-state index contributed by atoms with van der Waals surface area (Å²) in [4.78, 5) is 25.6. The van der Waals surface area contributed by atoms with E-state index in [0.29, 0.717) is 33.8 Å². The predicted molar refractivity (Wildman–Crippen MR) is 148 cm³/mol. The molecule has 0 bridgehead atoms. The van der Waals surface area contributed by atoms with Crippen molar-refractivity contribution in [2.45, 2.75) is 13.8 Å². The summed E-state index contributed by atoms with van der Waals surface area (Å²) >= 11 is 0. The third-order valence-corrected chi connectivity index (χ3v) is 6.55. The van der Waals surface area contributed by atoms with Crippen LogP contribution >= 0.6 is 0 Å². The Kier molecular flexibility index (Phi) is 7.15. The van der Waals surface area contributed by atoms with Crippen molar-refractivity contribution in [2.24, 2.45) is 0 Å². The number of rotatable bonds is 7. The highest BCUT2D eigenvalue weighted by Gasteiger charge is 2.14. The summed E-state index contributed by atoms with van der Waals surface area (Å²) in [5, 5.41) is 0. The first kappa shape index (κ1) is 25.7. The quantitative estimate of drug-likeness (QED) is 0.203. The molecule has 39 heavy (non-hydrogen) atoms. The molecule has 5 rings (SSSR count). The van der Waals surface area contributed by atoms with Crippen LogP contribution in [0.1, 0.15) is 43.0 Å². The molecule has 5 aromatic carbocycles. The number of ketones is 2. The van der Waals surface area contributed by atoms with Crippen molar-refractivity contribution in [3.63, 3.8) is 0 Å². The molecule has 0 aliphatic rings. The van der Waals surface area contributed by atoms with Crippen LogP contribution in [0.3, 0.4) is 0 Å². The third-order valence-electron chi connectivity index (χ3n) is 6.55. The van der Waals surface area contributed by atoms with Crippen molar-refractivity contribution in [2.75, 3.05) is 0 Å². The summed E-state index contributed by atoms with van der Waals surface area (Å²) in [6, 6.07) is 29.5. The molecule has 0 atom stereocenters. The SMILES string of the molecule is Cc1cc(Oc2ccc(-c3ccc(C(=O)c4ccc(F)cc4)c(C)c3)cc2)ccc1C(=O)c1ccc(F)cc1. The van der Waals surface area contributed by atoms with Crippen LogP contribution in [0, 0.1) is 25.5 Å². The average Bonchev–Trinajstić information content (AvgIpc) is 2.94. The van der Waals surface area contributed by atoms with E-state index in [1.54, 1.807) is 24.3 Å². The zero-order valence-corrected chi connectivity index (χ0v) is 21.4. The lowest BCUT2D eigenvalue weighted by atomic mass is 9.95. The molecule has 0 spiro atoms. The molecular weight excluding hydrogens is 494 g/mol. The van der Waals surface area contributed by atoms with Crippen LogP contribution in [-0.2, 0) is 0 Å². The molecule has 0 radical (unpaired) electrons. The number of halogens is 2. The zero-order valence-electron chi connectivity index (χ0n) is 21.4. The van der Waals surface area contributed by atoms with Crippen molar-refractivity contribution in [1.82, 2.24) is 0 Å². The van der Waals surface area contributed by atoms with Crippen molar-refractivity contribution in [3.8, 4) is 22.6 Å². The van der Waals surface area contributed by atoms with Gasteiger partial charge in [-0.1, -0.05) is 30.3 Å². The van der Waals surface area contributed by atoms with E-state index in [-0.39, 0.29) is 23.2 Å². The smallest absolute Gasteiger partial charge is 0.193 e. The highest BCUT2D eigenvalue weighted by atomic mass is 19.1. The van der Waals surface area contributed by atoms with Gasteiger partial charge < -0.3 is 4.74 Å². The lowest BCUT2D eigenvalue weighted by Crippen LogP contribution is -2.04. The van der Waals surface area contributed by atoms with Crippen LogP contribution in [0.15, 0.2) is 109 Å². The molecule has 0 unspecified atom stereocenters. The fourth-order valence-electron chi connectivity index (χ4n) is 4.42. The first-order valence-electron chi connectivity index (χ1n) is 12.4. The Labute approximate surface area is 225 Å². The summed E-state index contributed by atoms with van der Waals surface area (Å²) in [5.41, 5.74) is 5.46. The van der Waals surface area contributed by atoms with Crippen molar-refractivity contribution in [1.29, 1.82) is 0 Å². The molecule has 0 N–H and O–H groups in total. The molecule has 192 valence electrons. The number of aryl methyl sites for hydroxylation is 2. The number of hydrogen-bond acceptors (Lipinski definition) is 3. The van der Waals surface area contributed by atoms with Gasteiger partial charge in [0, 0.05) is 22.3 Å². The minimum atomic E-state index is -0.387. The second kappa shape index (κ2) is 10.8. The molecular formula is C34H24F2O3. The standard InChI is InChI=1S/C34H24F2O3/c1-21-19-26(9-17-31(21)33(37)24-3-10-27(35)11-4-24)23-7-14-29(15-8-23)39-30-16-18-32(22(2)20-30)34(38)25-5-12-28(36)13-6-25/h3-20H,1-2H3. The summed E-state index contributed by atoms with van der Waals surface area (Å²) in [5.74, 6) is 0.135. The Balaban J connectivity index is 1.29. The second-order valence-corrected chi connectivity index (χ2v) is 9.30. The van der Waals surface area contributed by atoms with Gasteiger partial charge in [-0.3, -0.25) is 9.59 Å². The Morgan fingerprint density at radius 2 is 0.949 bits per heavy atom. The highest BCUT2D eigenvalue weighted by molar-refractivity contribution is 6.10. The summed E-state index contributed by atoms with van der Waals surface area (Å²) < 4.78 is 32.4. The normalized spacial score (nSPS) is 10.8. The molecule has 0 amide bonds. The Morgan fingerprint density at radius 3 is 1.44 bits per heavy atom. The van der Waals surface area contributed by atoms with Crippen LogP contribution < -0.4 is 4.74 Å². The lowest BCUT2D eigenvalue weighted by Gasteiger charge is -2.11. The molecule has 0 aromatic heterocycles. The van der Waals surface area contributed by atoms with Crippen molar-refractivity contribution in [3.05, 3.63) is 154 Å². The Bertz CT molecular complexity index is 1670. The lowest BCUT2D eigenvalue weighted by molar-refractivity contribution is 0.103.